The number of likely N-dealkylation sites (tertiary alicyclic amines) is 1. The lowest BCUT2D eigenvalue weighted by molar-refractivity contribution is 0.0264. The van der Waals surface area contributed by atoms with E-state index in [0.29, 0.717) is 6.10 Å². The molecule has 0 bridgehead atoms. The molecule has 0 spiro atoms. The van der Waals surface area contributed by atoms with Crippen molar-refractivity contribution >= 4 is 29.9 Å². The number of aliphatic imine (C=N–C) groups is 1. The Kier molecular flexibility index (Phi) is 7.81. The van der Waals surface area contributed by atoms with E-state index in [1.807, 2.05) is 7.05 Å². The number of hydrogen-bond donors (Lipinski definition) is 1. The van der Waals surface area contributed by atoms with Crippen molar-refractivity contribution < 1.29 is 4.74 Å². The molecule has 1 aromatic carbocycles. The van der Waals surface area contributed by atoms with Gasteiger partial charge in [0.1, 0.15) is 0 Å². The maximum atomic E-state index is 5.73. The molecule has 1 saturated heterocycles. The van der Waals surface area contributed by atoms with Gasteiger partial charge in [0.05, 0.1) is 6.10 Å². The van der Waals surface area contributed by atoms with Gasteiger partial charge in [-0.15, -0.1) is 24.0 Å². The molecule has 5 heteroatoms. The fraction of sp³-hybridized carbons (Fsp3) is 0.632. The fourth-order valence-electron chi connectivity index (χ4n) is 3.61. The van der Waals surface area contributed by atoms with Crippen LogP contribution in [0.4, 0.5) is 0 Å². The summed E-state index contributed by atoms with van der Waals surface area (Å²) in [6.45, 7) is 6.00. The smallest absolute Gasteiger partial charge is 0.193 e. The minimum absolute atomic E-state index is 0. The van der Waals surface area contributed by atoms with Crippen LogP contribution < -0.4 is 5.32 Å². The van der Waals surface area contributed by atoms with Crippen molar-refractivity contribution in [3.8, 4) is 0 Å². The first-order valence-corrected chi connectivity index (χ1v) is 8.94. The predicted molar refractivity (Wildman–Crippen MR) is 110 cm³/mol. The maximum absolute atomic E-state index is 5.73. The van der Waals surface area contributed by atoms with E-state index in [9.17, 15) is 0 Å². The molecule has 2 fully saturated rings. The molecule has 134 valence electrons. The van der Waals surface area contributed by atoms with Gasteiger partial charge in [-0.2, -0.15) is 0 Å². The minimum Gasteiger partial charge on any atom is -0.378 e. The van der Waals surface area contributed by atoms with Crippen molar-refractivity contribution in [2.45, 2.75) is 38.2 Å². The molecule has 1 N–H and O–H groups in total. The highest BCUT2D eigenvalue weighted by Gasteiger charge is 2.38. The molecule has 3 rings (SSSR count). The van der Waals surface area contributed by atoms with Crippen LogP contribution in [0.25, 0.3) is 0 Å². The molecule has 2 aliphatic rings. The average molecular weight is 443 g/mol. The summed E-state index contributed by atoms with van der Waals surface area (Å²) in [4.78, 5) is 6.84. The first-order valence-electron chi connectivity index (χ1n) is 8.94. The number of guanidine groups is 1. The second-order valence-electron chi connectivity index (χ2n) is 6.58. The third-order valence-electron chi connectivity index (χ3n) is 5.03. The Hall–Kier alpha value is -0.820. The second kappa shape index (κ2) is 9.61. The lowest BCUT2D eigenvalue weighted by atomic mass is 10.1. The lowest BCUT2D eigenvalue weighted by Gasteiger charge is -2.34. The van der Waals surface area contributed by atoms with E-state index in [0.717, 1.165) is 56.9 Å². The van der Waals surface area contributed by atoms with Gasteiger partial charge in [-0.1, -0.05) is 30.3 Å². The van der Waals surface area contributed by atoms with Gasteiger partial charge in [-0.05, 0) is 43.6 Å². The van der Waals surface area contributed by atoms with E-state index < -0.39 is 0 Å². The highest BCUT2D eigenvalue weighted by molar-refractivity contribution is 14.0. The molecule has 2 atom stereocenters. The number of ether oxygens (including phenoxy) is 1. The van der Waals surface area contributed by atoms with Gasteiger partial charge >= 0.3 is 0 Å². The summed E-state index contributed by atoms with van der Waals surface area (Å²) in [5, 5.41) is 3.58. The number of piperidine rings is 1. The maximum Gasteiger partial charge on any atom is 0.193 e. The van der Waals surface area contributed by atoms with Gasteiger partial charge in [0, 0.05) is 33.3 Å². The second-order valence-corrected chi connectivity index (χ2v) is 6.58. The van der Waals surface area contributed by atoms with Crippen molar-refractivity contribution in [1.29, 1.82) is 0 Å². The predicted octanol–water partition coefficient (Wildman–Crippen LogP) is 3.48. The zero-order valence-electron chi connectivity index (χ0n) is 14.8. The SMILES string of the molecule is CCOC1CCN(C(=NC)NCC2CC2c2ccccc2)CC1.I. The van der Waals surface area contributed by atoms with E-state index in [1.165, 1.54) is 12.0 Å². The molecule has 24 heavy (non-hydrogen) atoms. The normalized spacial score (nSPS) is 24.4. The molecule has 2 unspecified atom stereocenters. The zero-order chi connectivity index (χ0) is 16.1. The molecule has 0 aromatic heterocycles. The molecule has 0 amide bonds. The van der Waals surface area contributed by atoms with Crippen LogP contribution in [0.5, 0.6) is 0 Å². The van der Waals surface area contributed by atoms with Crippen molar-refractivity contribution in [2.75, 3.05) is 33.3 Å². The summed E-state index contributed by atoms with van der Waals surface area (Å²) in [5.74, 6) is 2.53. The Morgan fingerprint density at radius 1 is 1.25 bits per heavy atom. The Morgan fingerprint density at radius 3 is 2.58 bits per heavy atom. The Bertz CT molecular complexity index is 515. The number of hydrogen-bond acceptors (Lipinski definition) is 2. The van der Waals surface area contributed by atoms with Crippen LogP contribution in [0.3, 0.4) is 0 Å². The van der Waals surface area contributed by atoms with Crippen LogP contribution in [0, 0.1) is 5.92 Å². The first kappa shape index (κ1) is 19.5. The molecule has 1 aromatic rings. The molecular formula is C19H30IN3O. The molecule has 4 nitrogen and oxygen atoms in total. The molecule has 1 aliphatic heterocycles. The standard InChI is InChI=1S/C19H29N3O.HI/c1-3-23-17-9-11-22(12-10-17)19(20-2)21-14-16-13-18(16)15-7-5-4-6-8-15;/h4-8,16-18H,3,9-14H2,1-2H3,(H,20,21);1H. The zero-order valence-corrected chi connectivity index (χ0v) is 17.1. The number of benzene rings is 1. The Balaban J connectivity index is 0.00000208. The van der Waals surface area contributed by atoms with Crippen molar-refractivity contribution in [3.63, 3.8) is 0 Å². The first-order chi connectivity index (χ1) is 11.3. The van der Waals surface area contributed by atoms with Crippen molar-refractivity contribution in [1.82, 2.24) is 10.2 Å². The quantitative estimate of drug-likeness (QED) is 0.430. The van der Waals surface area contributed by atoms with E-state index in [1.54, 1.807) is 0 Å². The topological polar surface area (TPSA) is 36.9 Å². The van der Waals surface area contributed by atoms with Crippen LogP contribution in [0.2, 0.25) is 0 Å². The van der Waals surface area contributed by atoms with Crippen LogP contribution in [-0.4, -0.2) is 50.3 Å². The third kappa shape index (κ3) is 5.09. The van der Waals surface area contributed by atoms with Gasteiger partial charge in [0.25, 0.3) is 0 Å². The molecule has 1 heterocycles. The fourth-order valence-corrected chi connectivity index (χ4v) is 3.61. The van der Waals surface area contributed by atoms with E-state index in [4.69, 9.17) is 4.74 Å². The number of halogens is 1. The summed E-state index contributed by atoms with van der Waals surface area (Å²) in [5.41, 5.74) is 1.48. The van der Waals surface area contributed by atoms with Gasteiger partial charge in [0.15, 0.2) is 5.96 Å². The van der Waals surface area contributed by atoms with Crippen LogP contribution in [0.1, 0.15) is 37.7 Å². The van der Waals surface area contributed by atoms with E-state index in [2.05, 4.69) is 52.5 Å². The van der Waals surface area contributed by atoms with Gasteiger partial charge < -0.3 is 15.0 Å². The lowest BCUT2D eigenvalue weighted by Crippen LogP contribution is -2.47. The molecule has 1 saturated carbocycles. The summed E-state index contributed by atoms with van der Waals surface area (Å²) < 4.78 is 5.73. The molecular weight excluding hydrogens is 413 g/mol. The Morgan fingerprint density at radius 2 is 1.96 bits per heavy atom. The summed E-state index contributed by atoms with van der Waals surface area (Å²) >= 11 is 0. The largest absolute Gasteiger partial charge is 0.378 e. The average Bonchev–Trinajstić information content (AvgIpc) is 3.37. The number of nitrogens with zero attached hydrogens (tertiary/aromatic N) is 2. The number of nitrogens with one attached hydrogen (secondary N) is 1. The minimum atomic E-state index is 0. The van der Waals surface area contributed by atoms with Crippen LogP contribution in [-0.2, 0) is 4.74 Å². The van der Waals surface area contributed by atoms with E-state index >= 15 is 0 Å². The van der Waals surface area contributed by atoms with Crippen LogP contribution >= 0.6 is 24.0 Å². The molecule has 1 aliphatic carbocycles. The summed E-state index contributed by atoms with van der Waals surface area (Å²) in [6.07, 6.45) is 3.93. The van der Waals surface area contributed by atoms with Crippen LogP contribution in [0.15, 0.2) is 35.3 Å². The molecule has 0 radical (unpaired) electrons. The summed E-state index contributed by atoms with van der Waals surface area (Å²) in [6, 6.07) is 10.9. The van der Waals surface area contributed by atoms with Crippen molar-refractivity contribution in [2.24, 2.45) is 10.9 Å². The Labute approximate surface area is 163 Å². The van der Waals surface area contributed by atoms with Crippen molar-refractivity contribution in [3.05, 3.63) is 35.9 Å². The monoisotopic (exact) mass is 443 g/mol. The van der Waals surface area contributed by atoms with Gasteiger partial charge in [0.2, 0.25) is 0 Å². The number of rotatable bonds is 5. The highest BCUT2D eigenvalue weighted by Crippen LogP contribution is 2.46. The van der Waals surface area contributed by atoms with Gasteiger partial charge in [-0.3, -0.25) is 4.99 Å². The highest BCUT2D eigenvalue weighted by atomic mass is 127. The van der Waals surface area contributed by atoms with Gasteiger partial charge in [-0.25, -0.2) is 0 Å². The van der Waals surface area contributed by atoms with E-state index in [-0.39, 0.29) is 24.0 Å². The third-order valence-corrected chi connectivity index (χ3v) is 5.03. The summed E-state index contributed by atoms with van der Waals surface area (Å²) in [7, 11) is 1.89.